The zero-order valence-electron chi connectivity index (χ0n) is 17.5. The molecule has 182 valence electrons. The fourth-order valence-corrected chi connectivity index (χ4v) is 5.01. The second-order valence-corrected chi connectivity index (χ2v) is 10.1. The molecule has 2 aromatic rings. The zero-order chi connectivity index (χ0) is 24.3. The Labute approximate surface area is 187 Å². The lowest BCUT2D eigenvalue weighted by atomic mass is 9.97. The maximum absolute atomic E-state index is 13.9. The van der Waals surface area contributed by atoms with Crippen LogP contribution in [0.3, 0.4) is 0 Å². The highest BCUT2D eigenvalue weighted by atomic mass is 31.2. The van der Waals surface area contributed by atoms with E-state index in [2.05, 4.69) is 0 Å². The quantitative estimate of drug-likeness (QED) is 0.327. The summed E-state index contributed by atoms with van der Waals surface area (Å²) in [7, 11) is -2.77. The van der Waals surface area contributed by atoms with Gasteiger partial charge in [0.15, 0.2) is 11.6 Å². The molecule has 0 aliphatic carbocycles. The Morgan fingerprint density at radius 1 is 0.939 bits per heavy atom. The summed E-state index contributed by atoms with van der Waals surface area (Å²) < 4.78 is 69.6. The summed E-state index contributed by atoms with van der Waals surface area (Å²) in [5, 5.41) is 30.6. The first-order chi connectivity index (χ1) is 15.5. The van der Waals surface area contributed by atoms with Gasteiger partial charge in [-0.05, 0) is 42.8 Å². The van der Waals surface area contributed by atoms with E-state index in [-0.39, 0.29) is 12.2 Å². The van der Waals surface area contributed by atoms with Crippen LogP contribution in [-0.4, -0.2) is 64.2 Å². The molecule has 0 bridgehead atoms. The number of hydrogen-bond acceptors (Lipinski definition) is 7. The number of aliphatic hydroxyl groups excluding tert-OH is 3. The molecule has 0 saturated carbocycles. The van der Waals surface area contributed by atoms with Crippen molar-refractivity contribution in [1.29, 1.82) is 0 Å². The Morgan fingerprint density at radius 3 is 2.18 bits per heavy atom. The molecule has 0 amide bonds. The smallest absolute Gasteiger partial charge is 0.229 e. The SMILES string of the molecule is COc1ccc(OC2O[C@H](CCP(=O)(O)Cc3c(F)ccc(F)c3F)[C@@H](O)[C@H](O)[C@@H]2O)cc1. The number of hydrogen-bond donors (Lipinski definition) is 4. The molecule has 1 saturated heterocycles. The highest BCUT2D eigenvalue weighted by Gasteiger charge is 2.45. The molecule has 33 heavy (non-hydrogen) atoms. The molecule has 4 N–H and O–H groups in total. The number of ether oxygens (including phenoxy) is 3. The molecular formula is C21H24F3O8P. The van der Waals surface area contributed by atoms with Gasteiger partial charge in [-0.3, -0.25) is 4.57 Å². The van der Waals surface area contributed by atoms with Gasteiger partial charge in [-0.25, -0.2) is 13.2 Å². The van der Waals surface area contributed by atoms with Crippen LogP contribution in [0.1, 0.15) is 12.0 Å². The van der Waals surface area contributed by atoms with E-state index in [1.54, 1.807) is 12.1 Å². The topological polar surface area (TPSA) is 126 Å². The minimum absolute atomic E-state index is 0.257. The second kappa shape index (κ2) is 10.4. The molecule has 2 unspecified atom stereocenters. The van der Waals surface area contributed by atoms with Gasteiger partial charge in [0.25, 0.3) is 0 Å². The standard InChI is InChI=1S/C21H24F3O8P/c1-30-11-2-4-12(5-3-11)31-21-20(27)19(26)18(25)16(32-21)8-9-33(28,29)10-13-14(22)6-7-15(23)17(13)24/h2-7,16,18-21,25-27H,8-10H2,1H3,(H,28,29)/t16-,18-,19+,20+,21?/m1/s1. The van der Waals surface area contributed by atoms with E-state index in [0.29, 0.717) is 17.9 Å². The van der Waals surface area contributed by atoms with Crippen LogP contribution in [0.2, 0.25) is 0 Å². The van der Waals surface area contributed by atoms with Crippen LogP contribution in [0.25, 0.3) is 0 Å². The van der Waals surface area contributed by atoms with Crippen molar-refractivity contribution in [1.82, 2.24) is 0 Å². The molecule has 6 atom stereocenters. The van der Waals surface area contributed by atoms with E-state index < -0.39 is 73.4 Å². The molecule has 2 aromatic carbocycles. The van der Waals surface area contributed by atoms with Crippen molar-refractivity contribution >= 4 is 7.37 Å². The van der Waals surface area contributed by atoms with Crippen LogP contribution < -0.4 is 9.47 Å². The summed E-state index contributed by atoms with van der Waals surface area (Å²) in [4.78, 5) is 10.2. The maximum atomic E-state index is 13.9. The zero-order valence-corrected chi connectivity index (χ0v) is 18.4. The number of benzene rings is 2. The van der Waals surface area contributed by atoms with E-state index in [1.807, 2.05) is 0 Å². The lowest BCUT2D eigenvalue weighted by Crippen LogP contribution is -2.59. The van der Waals surface area contributed by atoms with E-state index >= 15 is 0 Å². The third-order valence-corrected chi connectivity index (χ3v) is 7.05. The average molecular weight is 492 g/mol. The summed E-state index contributed by atoms with van der Waals surface area (Å²) in [6.45, 7) is 0. The van der Waals surface area contributed by atoms with E-state index in [1.165, 1.54) is 19.2 Å². The normalized spacial score (nSPS) is 27.1. The fraction of sp³-hybridized carbons (Fsp3) is 0.429. The number of methoxy groups -OCH3 is 1. The van der Waals surface area contributed by atoms with Crippen molar-refractivity contribution in [2.24, 2.45) is 0 Å². The van der Waals surface area contributed by atoms with Gasteiger partial charge in [-0.2, -0.15) is 0 Å². The summed E-state index contributed by atoms with van der Waals surface area (Å²) in [6, 6.07) is 7.43. The third kappa shape index (κ3) is 6.06. The van der Waals surface area contributed by atoms with Gasteiger partial charge < -0.3 is 34.4 Å². The number of aliphatic hydroxyl groups is 3. The maximum Gasteiger partial charge on any atom is 0.229 e. The lowest BCUT2D eigenvalue weighted by molar-refractivity contribution is -0.272. The Hall–Kier alpha value is -2.14. The average Bonchev–Trinajstić information content (AvgIpc) is 2.79. The largest absolute Gasteiger partial charge is 0.497 e. The molecule has 1 heterocycles. The van der Waals surface area contributed by atoms with E-state index in [0.717, 1.165) is 0 Å². The minimum atomic E-state index is -4.25. The molecule has 0 aromatic heterocycles. The van der Waals surface area contributed by atoms with E-state index in [4.69, 9.17) is 14.2 Å². The first kappa shape index (κ1) is 25.5. The van der Waals surface area contributed by atoms with Crippen molar-refractivity contribution in [3.8, 4) is 11.5 Å². The highest BCUT2D eigenvalue weighted by molar-refractivity contribution is 7.57. The molecule has 12 heteroatoms. The van der Waals surface area contributed by atoms with Crippen molar-refractivity contribution in [3.63, 3.8) is 0 Å². The molecule has 0 spiro atoms. The number of halogens is 3. The van der Waals surface area contributed by atoms with Crippen molar-refractivity contribution in [2.75, 3.05) is 13.3 Å². The first-order valence-electron chi connectivity index (χ1n) is 9.96. The monoisotopic (exact) mass is 492 g/mol. The minimum Gasteiger partial charge on any atom is -0.497 e. The Bertz CT molecular complexity index is 1010. The Kier molecular flexibility index (Phi) is 8.04. The lowest BCUT2D eigenvalue weighted by Gasteiger charge is -2.40. The van der Waals surface area contributed by atoms with Gasteiger partial charge in [0.05, 0.1) is 19.4 Å². The van der Waals surface area contributed by atoms with Gasteiger partial charge in [0.2, 0.25) is 13.7 Å². The molecule has 0 radical (unpaired) electrons. The second-order valence-electron chi connectivity index (χ2n) is 7.65. The predicted molar refractivity (Wildman–Crippen MR) is 110 cm³/mol. The summed E-state index contributed by atoms with van der Waals surface area (Å²) in [6.07, 6.45) is -9.46. The van der Waals surface area contributed by atoms with Gasteiger partial charge in [0.1, 0.15) is 35.6 Å². The summed E-state index contributed by atoms with van der Waals surface area (Å²) in [5.74, 6) is -3.26. The summed E-state index contributed by atoms with van der Waals surface area (Å²) in [5.41, 5.74) is -0.859. The molecule has 1 aliphatic heterocycles. The fourth-order valence-electron chi connectivity index (χ4n) is 3.41. The predicted octanol–water partition coefficient (Wildman–Crippen LogP) is 2.16. The van der Waals surface area contributed by atoms with Crippen molar-refractivity contribution < 1.29 is 52.2 Å². The van der Waals surface area contributed by atoms with Crippen LogP contribution >= 0.6 is 7.37 Å². The molecule has 8 nitrogen and oxygen atoms in total. The van der Waals surface area contributed by atoms with E-state index in [9.17, 15) is 37.9 Å². The molecule has 1 aliphatic rings. The van der Waals surface area contributed by atoms with Crippen LogP contribution in [0.4, 0.5) is 13.2 Å². The highest BCUT2D eigenvalue weighted by Crippen LogP contribution is 2.47. The van der Waals surface area contributed by atoms with Crippen molar-refractivity contribution in [3.05, 3.63) is 59.4 Å². The van der Waals surface area contributed by atoms with Gasteiger partial charge in [-0.1, -0.05) is 0 Å². The molecule has 3 rings (SSSR count). The Balaban J connectivity index is 1.67. The first-order valence-corrected chi connectivity index (χ1v) is 12.0. The van der Waals surface area contributed by atoms with Crippen LogP contribution in [0, 0.1) is 17.5 Å². The Morgan fingerprint density at radius 2 is 1.55 bits per heavy atom. The number of rotatable bonds is 8. The molecular weight excluding hydrogens is 468 g/mol. The molecule has 1 fully saturated rings. The summed E-state index contributed by atoms with van der Waals surface area (Å²) >= 11 is 0. The van der Waals surface area contributed by atoms with Crippen molar-refractivity contribution in [2.45, 2.75) is 43.3 Å². The third-order valence-electron chi connectivity index (χ3n) is 5.29. The van der Waals surface area contributed by atoms with Crippen LogP contribution in [-0.2, 0) is 15.5 Å². The van der Waals surface area contributed by atoms with Gasteiger partial charge in [0, 0.05) is 11.7 Å². The van der Waals surface area contributed by atoms with Crippen LogP contribution in [0.5, 0.6) is 11.5 Å². The van der Waals surface area contributed by atoms with Crippen LogP contribution in [0.15, 0.2) is 36.4 Å². The van der Waals surface area contributed by atoms with Gasteiger partial charge >= 0.3 is 0 Å². The van der Waals surface area contributed by atoms with Gasteiger partial charge in [-0.15, -0.1) is 0 Å².